The molecule has 2 N–H and O–H groups in total. The minimum atomic E-state index is -4.09. The highest BCUT2D eigenvalue weighted by Gasteiger charge is 2.46. The SMILES string of the molecule is CCC(C1=C(O)CC(c2ccccc2)(c2ccccc2)OC1CC=O)c1cccc(N(C)S(=O)(=O)c2ncnc3nc[nH]c23)c1. The molecule has 0 amide bonds. The van der Waals surface area contributed by atoms with Crippen LogP contribution in [0.5, 0.6) is 0 Å². The summed E-state index contributed by atoms with van der Waals surface area (Å²) >= 11 is 0. The minimum Gasteiger partial charge on any atom is -0.512 e. The van der Waals surface area contributed by atoms with Crippen LogP contribution in [-0.4, -0.2) is 52.9 Å². The average molecular weight is 624 g/mol. The smallest absolute Gasteiger partial charge is 0.283 e. The van der Waals surface area contributed by atoms with Crippen LogP contribution in [0.3, 0.4) is 0 Å². The first-order valence-corrected chi connectivity index (χ1v) is 16.1. The second-order valence-electron chi connectivity index (χ2n) is 11.0. The van der Waals surface area contributed by atoms with E-state index in [1.54, 1.807) is 18.2 Å². The summed E-state index contributed by atoms with van der Waals surface area (Å²) < 4.78 is 35.5. The largest absolute Gasteiger partial charge is 0.512 e. The highest BCUT2D eigenvalue weighted by molar-refractivity contribution is 7.92. The van der Waals surface area contributed by atoms with Crippen LogP contribution in [0.15, 0.2) is 114 Å². The number of ether oxygens (including phenoxy) is 1. The summed E-state index contributed by atoms with van der Waals surface area (Å²) in [4.78, 5) is 27.0. The van der Waals surface area contributed by atoms with Crippen molar-refractivity contribution in [3.63, 3.8) is 0 Å². The van der Waals surface area contributed by atoms with Crippen molar-refractivity contribution in [1.29, 1.82) is 0 Å². The van der Waals surface area contributed by atoms with Gasteiger partial charge in [-0.3, -0.25) is 4.31 Å². The van der Waals surface area contributed by atoms with Gasteiger partial charge in [0, 0.05) is 31.4 Å². The first-order valence-electron chi connectivity index (χ1n) is 14.7. The number of H-pyrrole nitrogens is 1. The van der Waals surface area contributed by atoms with Gasteiger partial charge < -0.3 is 19.6 Å². The predicted molar refractivity (Wildman–Crippen MR) is 170 cm³/mol. The molecule has 1 aliphatic rings. The third kappa shape index (κ3) is 5.38. The molecule has 0 saturated carbocycles. The molecule has 11 heteroatoms. The molecule has 0 bridgehead atoms. The van der Waals surface area contributed by atoms with E-state index < -0.39 is 21.7 Å². The van der Waals surface area contributed by atoms with E-state index in [9.17, 15) is 18.3 Å². The van der Waals surface area contributed by atoms with Gasteiger partial charge in [-0.15, -0.1) is 0 Å². The van der Waals surface area contributed by atoms with Crippen LogP contribution < -0.4 is 4.31 Å². The lowest BCUT2D eigenvalue weighted by Crippen LogP contribution is -2.42. The van der Waals surface area contributed by atoms with Crippen molar-refractivity contribution in [3.8, 4) is 0 Å². The number of carbonyl (C=O) groups is 1. The molecule has 0 fully saturated rings. The van der Waals surface area contributed by atoms with Crippen molar-refractivity contribution in [2.75, 3.05) is 11.4 Å². The maximum Gasteiger partial charge on any atom is 0.283 e. The van der Waals surface area contributed by atoms with Gasteiger partial charge in [0.1, 0.15) is 23.7 Å². The molecule has 1 aliphatic heterocycles. The Morgan fingerprint density at radius 2 is 1.71 bits per heavy atom. The van der Waals surface area contributed by atoms with E-state index in [0.717, 1.165) is 27.3 Å². The fraction of sp³-hybridized carbons (Fsp3) is 0.235. The number of carbonyl (C=O) groups excluding carboxylic acids is 1. The highest BCUT2D eigenvalue weighted by atomic mass is 32.2. The number of sulfonamides is 1. The Hall–Kier alpha value is -4.87. The lowest BCUT2D eigenvalue weighted by molar-refractivity contribution is -0.116. The number of imidazole rings is 1. The Kier molecular flexibility index (Phi) is 8.22. The normalized spacial score (nSPS) is 17.2. The van der Waals surface area contributed by atoms with Gasteiger partial charge in [-0.25, -0.2) is 15.0 Å². The molecule has 3 heterocycles. The number of benzene rings is 3. The number of aliphatic hydroxyl groups excluding tert-OH is 1. The van der Waals surface area contributed by atoms with Crippen molar-refractivity contribution in [1.82, 2.24) is 19.9 Å². The van der Waals surface area contributed by atoms with Crippen molar-refractivity contribution < 1.29 is 23.1 Å². The zero-order chi connectivity index (χ0) is 31.6. The Morgan fingerprint density at radius 1 is 1.02 bits per heavy atom. The van der Waals surface area contributed by atoms with E-state index in [4.69, 9.17) is 4.74 Å². The lowest BCUT2D eigenvalue weighted by atomic mass is 9.75. The van der Waals surface area contributed by atoms with Crippen molar-refractivity contribution in [3.05, 3.63) is 126 Å². The molecule has 2 atom stereocenters. The van der Waals surface area contributed by atoms with Crippen molar-refractivity contribution in [2.45, 2.75) is 48.8 Å². The number of nitrogens with zero attached hydrogens (tertiary/aromatic N) is 4. The number of rotatable bonds is 10. The van der Waals surface area contributed by atoms with Crippen LogP contribution in [0.25, 0.3) is 11.2 Å². The number of aromatic nitrogens is 4. The quantitative estimate of drug-likeness (QED) is 0.147. The molecule has 0 spiro atoms. The van der Waals surface area contributed by atoms with Gasteiger partial charge in [-0.05, 0) is 35.2 Å². The van der Waals surface area contributed by atoms with Crippen LogP contribution in [-0.2, 0) is 25.2 Å². The second-order valence-corrected chi connectivity index (χ2v) is 12.8. The van der Waals surface area contributed by atoms with E-state index in [0.29, 0.717) is 17.7 Å². The first-order chi connectivity index (χ1) is 21.8. The van der Waals surface area contributed by atoms with Crippen molar-refractivity contribution in [2.24, 2.45) is 0 Å². The molecule has 5 aromatic rings. The molecular weight excluding hydrogens is 590 g/mol. The lowest BCUT2D eigenvalue weighted by Gasteiger charge is -2.44. The van der Waals surface area contributed by atoms with Crippen LogP contribution in [0.4, 0.5) is 5.69 Å². The third-order valence-electron chi connectivity index (χ3n) is 8.44. The van der Waals surface area contributed by atoms with Crippen LogP contribution in [0, 0.1) is 0 Å². The Labute approximate surface area is 261 Å². The van der Waals surface area contributed by atoms with Gasteiger partial charge in [-0.1, -0.05) is 79.7 Å². The summed E-state index contributed by atoms with van der Waals surface area (Å²) in [7, 11) is -2.63. The molecule has 6 rings (SSSR count). The summed E-state index contributed by atoms with van der Waals surface area (Å²) in [6.07, 6.45) is 3.42. The van der Waals surface area contributed by atoms with Crippen LogP contribution in [0.2, 0.25) is 0 Å². The predicted octanol–water partition coefficient (Wildman–Crippen LogP) is 5.81. The topological polar surface area (TPSA) is 138 Å². The summed E-state index contributed by atoms with van der Waals surface area (Å²) in [5, 5.41) is 11.7. The van der Waals surface area contributed by atoms with E-state index in [-0.39, 0.29) is 40.7 Å². The van der Waals surface area contributed by atoms with E-state index in [2.05, 4.69) is 19.9 Å². The molecule has 0 radical (unpaired) electrons. The fourth-order valence-corrected chi connectivity index (χ4v) is 7.50. The zero-order valence-electron chi connectivity index (χ0n) is 24.9. The molecule has 230 valence electrons. The van der Waals surface area contributed by atoms with Gasteiger partial charge in [0.15, 0.2) is 5.65 Å². The maximum atomic E-state index is 13.7. The first kappa shape index (κ1) is 30.2. The third-order valence-corrected chi connectivity index (χ3v) is 10.2. The van der Waals surface area contributed by atoms with Crippen molar-refractivity contribution >= 4 is 33.2 Å². The Morgan fingerprint density at radius 3 is 2.36 bits per heavy atom. The Bertz CT molecular complexity index is 1920. The highest BCUT2D eigenvalue weighted by Crippen LogP contribution is 2.49. The number of hydrogen-bond donors (Lipinski definition) is 2. The molecule has 0 aliphatic carbocycles. The number of aldehydes is 1. The molecule has 2 aromatic heterocycles. The van der Waals surface area contributed by atoms with Crippen LogP contribution in [0.1, 0.15) is 48.8 Å². The van der Waals surface area contributed by atoms with Gasteiger partial charge in [-0.2, -0.15) is 8.42 Å². The number of hydrogen-bond acceptors (Lipinski definition) is 8. The van der Waals surface area contributed by atoms with Gasteiger partial charge in [0.25, 0.3) is 10.0 Å². The maximum absolute atomic E-state index is 13.7. The second kappa shape index (κ2) is 12.3. The fourth-order valence-electron chi connectivity index (χ4n) is 6.26. The summed E-state index contributed by atoms with van der Waals surface area (Å²) in [6.45, 7) is 1.99. The molecule has 0 saturated heterocycles. The molecule has 45 heavy (non-hydrogen) atoms. The monoisotopic (exact) mass is 623 g/mol. The number of aliphatic hydroxyl groups is 1. The van der Waals surface area contributed by atoms with Crippen LogP contribution >= 0.6 is 0 Å². The van der Waals surface area contributed by atoms with E-state index in [1.807, 2.05) is 73.7 Å². The van der Waals surface area contributed by atoms with E-state index in [1.165, 1.54) is 19.7 Å². The minimum absolute atomic E-state index is 0.0408. The zero-order valence-corrected chi connectivity index (χ0v) is 25.7. The summed E-state index contributed by atoms with van der Waals surface area (Å²) in [6, 6.07) is 26.6. The van der Waals surface area contributed by atoms with E-state index >= 15 is 0 Å². The number of nitrogens with one attached hydrogen (secondary N) is 1. The van der Waals surface area contributed by atoms with Gasteiger partial charge >= 0.3 is 0 Å². The molecular formula is C34H33N5O5S. The van der Waals surface area contributed by atoms with Gasteiger partial charge in [0.05, 0.1) is 23.9 Å². The number of anilines is 1. The number of fused-ring (bicyclic) bond motifs is 1. The molecule has 2 unspecified atom stereocenters. The summed E-state index contributed by atoms with van der Waals surface area (Å²) in [5.74, 6) is -0.199. The Balaban J connectivity index is 1.41. The van der Waals surface area contributed by atoms with Gasteiger partial charge in [0.2, 0.25) is 5.03 Å². The average Bonchev–Trinajstić information content (AvgIpc) is 3.56. The molecule has 3 aromatic carbocycles. The number of aromatic amines is 1. The molecule has 10 nitrogen and oxygen atoms in total. The summed E-state index contributed by atoms with van der Waals surface area (Å²) in [5.41, 5.74) is 3.01. The standard InChI is InChI=1S/C34H33N5O5S/c1-3-27(23-11-10-16-26(19-23)39(2)45(42,43)33-31-32(36-21-35-31)37-22-38-33)30-28(41)20-34(44-29(30)17-18-40,24-12-6-4-7-13-24)25-14-8-5-9-15-25/h4-16,18-19,21-22,27,29,41H,3,17,20H2,1-2H3,(H,35,36,37,38).